The molecule has 0 fully saturated rings. The number of nitrogens with zero attached hydrogens (tertiary/aromatic N) is 1. The van der Waals surface area contributed by atoms with E-state index in [1.807, 2.05) is 30.3 Å². The summed E-state index contributed by atoms with van der Waals surface area (Å²) in [5.74, 6) is -1.07. The maximum absolute atomic E-state index is 11.9. The first-order chi connectivity index (χ1) is 11.5. The highest BCUT2D eigenvalue weighted by Gasteiger charge is 2.10. The first-order valence-corrected chi connectivity index (χ1v) is 7.95. The van der Waals surface area contributed by atoms with Crippen molar-refractivity contribution in [1.29, 1.82) is 5.26 Å². The standard InChI is InChI=1S/C18H23N3O3/c1-3-13(2)15-7-4-5-8-16(15)21-12-14(11-19)18(24)20-10-6-9-17(22)23/h4-5,7-8,12-13,21H,3,6,9-10H2,1-2H3,(H,20,24)(H,22,23)/b14-12-. The van der Waals surface area contributed by atoms with Crippen molar-refractivity contribution in [3.05, 3.63) is 41.6 Å². The molecule has 3 N–H and O–H groups in total. The molecule has 1 aromatic rings. The second kappa shape index (κ2) is 10.1. The van der Waals surface area contributed by atoms with Gasteiger partial charge >= 0.3 is 5.97 Å². The van der Waals surface area contributed by atoms with Crippen LogP contribution in [0.5, 0.6) is 0 Å². The van der Waals surface area contributed by atoms with Crippen molar-refractivity contribution >= 4 is 17.6 Å². The van der Waals surface area contributed by atoms with E-state index < -0.39 is 11.9 Å². The Labute approximate surface area is 142 Å². The van der Waals surface area contributed by atoms with Crippen molar-refractivity contribution in [3.63, 3.8) is 0 Å². The van der Waals surface area contributed by atoms with Gasteiger partial charge in [-0.2, -0.15) is 5.26 Å². The zero-order valence-electron chi connectivity index (χ0n) is 14.0. The number of hydrogen-bond donors (Lipinski definition) is 3. The smallest absolute Gasteiger partial charge is 0.303 e. The van der Waals surface area contributed by atoms with E-state index in [2.05, 4.69) is 24.5 Å². The number of carbonyl (C=O) groups excluding carboxylic acids is 1. The Bertz CT molecular complexity index is 647. The van der Waals surface area contributed by atoms with Gasteiger partial charge in [0.2, 0.25) is 0 Å². The molecule has 128 valence electrons. The third-order valence-electron chi connectivity index (χ3n) is 3.69. The Hall–Kier alpha value is -2.81. The number of nitriles is 1. The fourth-order valence-corrected chi connectivity index (χ4v) is 2.11. The summed E-state index contributed by atoms with van der Waals surface area (Å²) in [6.45, 7) is 4.43. The molecule has 0 aliphatic rings. The number of anilines is 1. The molecule has 1 amide bonds. The summed E-state index contributed by atoms with van der Waals surface area (Å²) in [5, 5.41) is 23.2. The molecule has 1 atom stereocenters. The van der Waals surface area contributed by atoms with E-state index >= 15 is 0 Å². The van der Waals surface area contributed by atoms with Gasteiger partial charge in [0.1, 0.15) is 11.6 Å². The van der Waals surface area contributed by atoms with Gasteiger partial charge < -0.3 is 15.7 Å². The monoisotopic (exact) mass is 329 g/mol. The highest BCUT2D eigenvalue weighted by Crippen LogP contribution is 2.26. The average Bonchev–Trinajstić information content (AvgIpc) is 2.58. The van der Waals surface area contributed by atoms with Crippen LogP contribution in [0.25, 0.3) is 0 Å². The molecule has 24 heavy (non-hydrogen) atoms. The molecule has 0 radical (unpaired) electrons. The van der Waals surface area contributed by atoms with E-state index in [0.717, 1.165) is 17.7 Å². The largest absolute Gasteiger partial charge is 0.481 e. The highest BCUT2D eigenvalue weighted by molar-refractivity contribution is 5.97. The van der Waals surface area contributed by atoms with Gasteiger partial charge in [0.15, 0.2) is 0 Å². The number of para-hydroxylation sites is 1. The van der Waals surface area contributed by atoms with E-state index in [4.69, 9.17) is 10.4 Å². The minimum atomic E-state index is -0.913. The predicted molar refractivity (Wildman–Crippen MR) is 92.3 cm³/mol. The Morgan fingerprint density at radius 2 is 2.08 bits per heavy atom. The lowest BCUT2D eigenvalue weighted by Gasteiger charge is -2.14. The van der Waals surface area contributed by atoms with E-state index in [1.165, 1.54) is 6.20 Å². The molecule has 0 bridgehead atoms. The minimum absolute atomic E-state index is 0.0214. The van der Waals surface area contributed by atoms with Crippen LogP contribution in [0.15, 0.2) is 36.0 Å². The molecule has 0 heterocycles. The Kier molecular flexibility index (Phi) is 8.06. The molecule has 0 aliphatic heterocycles. The summed E-state index contributed by atoms with van der Waals surface area (Å²) in [5.41, 5.74) is 1.93. The summed E-state index contributed by atoms with van der Waals surface area (Å²) < 4.78 is 0. The number of carbonyl (C=O) groups is 2. The molecule has 1 aromatic carbocycles. The summed E-state index contributed by atoms with van der Waals surface area (Å²) in [6, 6.07) is 9.62. The quantitative estimate of drug-likeness (QED) is 0.367. The fraction of sp³-hybridized carbons (Fsp3) is 0.389. The van der Waals surface area contributed by atoms with Gasteiger partial charge in [0.25, 0.3) is 5.91 Å². The number of aliphatic carboxylic acids is 1. The molecule has 1 unspecified atom stereocenters. The zero-order chi connectivity index (χ0) is 17.9. The Morgan fingerprint density at radius 3 is 2.71 bits per heavy atom. The van der Waals surface area contributed by atoms with Gasteiger partial charge in [-0.25, -0.2) is 0 Å². The summed E-state index contributed by atoms with van der Waals surface area (Å²) in [6.07, 6.45) is 2.67. The predicted octanol–water partition coefficient (Wildman–Crippen LogP) is 3.00. The minimum Gasteiger partial charge on any atom is -0.481 e. The van der Waals surface area contributed by atoms with Crippen LogP contribution >= 0.6 is 0 Å². The molecule has 0 aliphatic carbocycles. The Balaban J connectivity index is 2.71. The lowest BCUT2D eigenvalue weighted by molar-refractivity contribution is -0.137. The second-order valence-electron chi connectivity index (χ2n) is 5.46. The maximum atomic E-state index is 11.9. The van der Waals surface area contributed by atoms with Gasteiger partial charge in [-0.05, 0) is 30.4 Å². The lowest BCUT2D eigenvalue weighted by atomic mass is 9.97. The summed E-state index contributed by atoms with van der Waals surface area (Å²) in [4.78, 5) is 22.3. The van der Waals surface area contributed by atoms with Crippen LogP contribution < -0.4 is 10.6 Å². The van der Waals surface area contributed by atoms with Crippen molar-refractivity contribution < 1.29 is 14.7 Å². The van der Waals surface area contributed by atoms with Crippen molar-refractivity contribution in [1.82, 2.24) is 5.32 Å². The fourth-order valence-electron chi connectivity index (χ4n) is 2.11. The first-order valence-electron chi connectivity index (χ1n) is 7.95. The molecule has 0 spiro atoms. The molecular formula is C18H23N3O3. The van der Waals surface area contributed by atoms with Crippen LogP contribution in [0.2, 0.25) is 0 Å². The third kappa shape index (κ3) is 6.13. The van der Waals surface area contributed by atoms with E-state index in [0.29, 0.717) is 12.3 Å². The number of carboxylic acids is 1. The molecule has 0 saturated heterocycles. The number of nitrogens with one attached hydrogen (secondary N) is 2. The van der Waals surface area contributed by atoms with E-state index in [-0.39, 0.29) is 18.5 Å². The number of benzene rings is 1. The van der Waals surface area contributed by atoms with E-state index in [1.54, 1.807) is 0 Å². The van der Waals surface area contributed by atoms with Gasteiger partial charge in [-0.1, -0.05) is 32.0 Å². The van der Waals surface area contributed by atoms with Crippen LogP contribution in [0, 0.1) is 11.3 Å². The van der Waals surface area contributed by atoms with E-state index in [9.17, 15) is 9.59 Å². The van der Waals surface area contributed by atoms with Crippen LogP contribution in [0.3, 0.4) is 0 Å². The van der Waals surface area contributed by atoms with Crippen LogP contribution in [0.4, 0.5) is 5.69 Å². The topological polar surface area (TPSA) is 102 Å². The lowest BCUT2D eigenvalue weighted by Crippen LogP contribution is -2.26. The van der Waals surface area contributed by atoms with Crippen molar-refractivity contribution in [3.8, 4) is 6.07 Å². The molecule has 0 aromatic heterocycles. The third-order valence-corrected chi connectivity index (χ3v) is 3.69. The first kappa shape index (κ1) is 19.2. The number of rotatable bonds is 9. The second-order valence-corrected chi connectivity index (χ2v) is 5.46. The summed E-state index contributed by atoms with van der Waals surface area (Å²) in [7, 11) is 0. The van der Waals surface area contributed by atoms with Crippen LogP contribution in [-0.2, 0) is 9.59 Å². The summed E-state index contributed by atoms with van der Waals surface area (Å²) >= 11 is 0. The van der Waals surface area contributed by atoms with Crippen molar-refractivity contribution in [2.24, 2.45) is 0 Å². The van der Waals surface area contributed by atoms with Gasteiger partial charge in [-0.15, -0.1) is 0 Å². The average molecular weight is 329 g/mol. The molecule has 1 rings (SSSR count). The van der Waals surface area contributed by atoms with Gasteiger partial charge in [-0.3, -0.25) is 9.59 Å². The maximum Gasteiger partial charge on any atom is 0.303 e. The number of amides is 1. The number of carboxylic acid groups (broad SMARTS) is 1. The Morgan fingerprint density at radius 1 is 1.38 bits per heavy atom. The molecule has 0 saturated carbocycles. The molecule has 6 nitrogen and oxygen atoms in total. The normalized spacial score (nSPS) is 12.1. The van der Waals surface area contributed by atoms with Crippen LogP contribution in [-0.4, -0.2) is 23.5 Å². The van der Waals surface area contributed by atoms with Gasteiger partial charge in [0.05, 0.1) is 0 Å². The molecular weight excluding hydrogens is 306 g/mol. The number of hydrogen-bond acceptors (Lipinski definition) is 4. The van der Waals surface area contributed by atoms with Gasteiger partial charge in [0, 0.05) is 24.9 Å². The van der Waals surface area contributed by atoms with Crippen molar-refractivity contribution in [2.75, 3.05) is 11.9 Å². The molecule has 6 heteroatoms. The van der Waals surface area contributed by atoms with Crippen LogP contribution in [0.1, 0.15) is 44.6 Å². The zero-order valence-corrected chi connectivity index (χ0v) is 14.0. The SMILES string of the molecule is CCC(C)c1ccccc1N/C=C(/C#N)C(=O)NCCCC(=O)O. The van der Waals surface area contributed by atoms with Crippen molar-refractivity contribution in [2.45, 2.75) is 39.0 Å². The highest BCUT2D eigenvalue weighted by atomic mass is 16.4.